The number of carbonyl (C=O) groups is 1. The summed E-state index contributed by atoms with van der Waals surface area (Å²) in [5.41, 5.74) is 2.43. The standard InChI is InChI=1S/C21H22N2O5S/c1-13-8-17(26-2)18(27-3)9-14(13)11-29-12-20(24)28-10-19-22-16-7-5-4-6-15(16)21(25)23-19/h4-9H,10-12H2,1-3H3,(H,22,23,25). The van der Waals surface area contributed by atoms with Gasteiger partial charge < -0.3 is 19.2 Å². The van der Waals surface area contributed by atoms with Crippen molar-refractivity contribution in [2.24, 2.45) is 0 Å². The third-order valence-corrected chi connectivity index (χ3v) is 5.31. The number of fused-ring (bicyclic) bond motifs is 1. The Kier molecular flexibility index (Phi) is 6.77. The van der Waals surface area contributed by atoms with Crippen LogP contribution in [0.1, 0.15) is 17.0 Å². The predicted octanol–water partition coefficient (Wildman–Crippen LogP) is 3.23. The lowest BCUT2D eigenvalue weighted by molar-refractivity contribution is -0.141. The summed E-state index contributed by atoms with van der Waals surface area (Å²) in [7, 11) is 3.19. The van der Waals surface area contributed by atoms with Gasteiger partial charge in [-0.2, -0.15) is 0 Å². The summed E-state index contributed by atoms with van der Waals surface area (Å²) in [5.74, 6) is 2.10. The number of aromatic amines is 1. The van der Waals surface area contributed by atoms with Crippen LogP contribution in [0, 0.1) is 6.92 Å². The molecule has 0 aliphatic carbocycles. The van der Waals surface area contributed by atoms with Crippen molar-refractivity contribution in [3.8, 4) is 11.5 Å². The molecule has 1 aromatic heterocycles. The van der Waals surface area contributed by atoms with Crippen LogP contribution in [0.3, 0.4) is 0 Å². The van der Waals surface area contributed by atoms with Crippen molar-refractivity contribution in [1.82, 2.24) is 9.97 Å². The minimum absolute atomic E-state index is 0.0745. The Bertz CT molecular complexity index is 1080. The molecule has 152 valence electrons. The Morgan fingerprint density at radius 2 is 1.86 bits per heavy atom. The zero-order chi connectivity index (χ0) is 20.8. The summed E-state index contributed by atoms with van der Waals surface area (Å²) < 4.78 is 15.9. The molecule has 0 aliphatic heterocycles. The van der Waals surface area contributed by atoms with Crippen LogP contribution in [-0.2, 0) is 21.9 Å². The molecule has 0 radical (unpaired) electrons. The molecule has 0 saturated carbocycles. The van der Waals surface area contributed by atoms with Crippen LogP contribution >= 0.6 is 11.8 Å². The number of hydrogen-bond acceptors (Lipinski definition) is 7. The first kappa shape index (κ1) is 20.7. The van der Waals surface area contributed by atoms with E-state index in [2.05, 4.69) is 9.97 Å². The highest BCUT2D eigenvalue weighted by Crippen LogP contribution is 2.31. The molecule has 1 heterocycles. The van der Waals surface area contributed by atoms with E-state index in [1.165, 1.54) is 11.8 Å². The summed E-state index contributed by atoms with van der Waals surface area (Å²) in [6.45, 7) is 1.91. The number of carbonyl (C=O) groups excluding carboxylic acids is 1. The maximum absolute atomic E-state index is 12.1. The lowest BCUT2D eigenvalue weighted by Gasteiger charge is -2.12. The number of nitrogens with zero attached hydrogens (tertiary/aromatic N) is 1. The lowest BCUT2D eigenvalue weighted by Crippen LogP contribution is -2.15. The van der Waals surface area contributed by atoms with E-state index < -0.39 is 0 Å². The maximum Gasteiger partial charge on any atom is 0.316 e. The molecule has 0 unspecified atom stereocenters. The number of nitrogens with one attached hydrogen (secondary N) is 1. The molecule has 0 amide bonds. The van der Waals surface area contributed by atoms with Gasteiger partial charge in [0.05, 0.1) is 30.9 Å². The number of hydrogen-bond donors (Lipinski definition) is 1. The van der Waals surface area contributed by atoms with Crippen LogP contribution in [-0.4, -0.2) is 35.9 Å². The van der Waals surface area contributed by atoms with E-state index in [4.69, 9.17) is 14.2 Å². The van der Waals surface area contributed by atoms with Crippen molar-refractivity contribution < 1.29 is 19.0 Å². The molecule has 0 saturated heterocycles. The largest absolute Gasteiger partial charge is 0.493 e. The highest BCUT2D eigenvalue weighted by atomic mass is 32.2. The zero-order valence-corrected chi connectivity index (χ0v) is 17.3. The van der Waals surface area contributed by atoms with Crippen LogP contribution in [0.5, 0.6) is 11.5 Å². The van der Waals surface area contributed by atoms with E-state index in [1.54, 1.807) is 38.5 Å². The van der Waals surface area contributed by atoms with Gasteiger partial charge in [-0.3, -0.25) is 9.59 Å². The molecule has 2 aromatic carbocycles. The van der Waals surface area contributed by atoms with Gasteiger partial charge in [-0.1, -0.05) is 12.1 Å². The number of methoxy groups -OCH3 is 2. The SMILES string of the molecule is COc1cc(C)c(CSCC(=O)OCc2nc3ccccc3c(=O)[nH]2)cc1OC. The van der Waals surface area contributed by atoms with Crippen LogP contribution in [0.25, 0.3) is 10.9 Å². The molecule has 29 heavy (non-hydrogen) atoms. The second-order valence-corrected chi connectivity index (χ2v) is 7.30. The van der Waals surface area contributed by atoms with E-state index in [9.17, 15) is 9.59 Å². The lowest BCUT2D eigenvalue weighted by atomic mass is 10.1. The number of aryl methyl sites for hydroxylation is 1. The molecule has 0 aliphatic rings. The van der Waals surface area contributed by atoms with Crippen LogP contribution in [0.15, 0.2) is 41.2 Å². The van der Waals surface area contributed by atoms with Gasteiger partial charge in [0.25, 0.3) is 5.56 Å². The van der Waals surface area contributed by atoms with Gasteiger partial charge in [0.2, 0.25) is 0 Å². The number of H-pyrrole nitrogens is 1. The number of esters is 1. The van der Waals surface area contributed by atoms with Crippen molar-refractivity contribution in [1.29, 1.82) is 0 Å². The average Bonchev–Trinajstić information content (AvgIpc) is 2.73. The molecule has 7 nitrogen and oxygen atoms in total. The molecule has 1 N–H and O–H groups in total. The molecule has 3 rings (SSSR count). The minimum atomic E-state index is -0.371. The normalized spacial score (nSPS) is 10.7. The molecule has 8 heteroatoms. The number of thioether (sulfide) groups is 1. The first-order valence-electron chi connectivity index (χ1n) is 8.94. The number of rotatable bonds is 8. The smallest absolute Gasteiger partial charge is 0.316 e. The minimum Gasteiger partial charge on any atom is -0.493 e. The Labute approximate surface area is 172 Å². The number of benzene rings is 2. The Morgan fingerprint density at radius 3 is 2.62 bits per heavy atom. The van der Waals surface area contributed by atoms with Crippen molar-refractivity contribution in [3.63, 3.8) is 0 Å². The molecule has 0 atom stereocenters. The number of ether oxygens (including phenoxy) is 3. The van der Waals surface area contributed by atoms with Crippen molar-refractivity contribution in [2.45, 2.75) is 19.3 Å². The summed E-state index contributed by atoms with van der Waals surface area (Å²) in [5, 5.41) is 0.503. The van der Waals surface area contributed by atoms with E-state index >= 15 is 0 Å². The average molecular weight is 414 g/mol. The van der Waals surface area contributed by atoms with Crippen LogP contribution in [0.2, 0.25) is 0 Å². The van der Waals surface area contributed by atoms with E-state index in [0.717, 1.165) is 11.1 Å². The van der Waals surface area contributed by atoms with Gasteiger partial charge in [-0.25, -0.2) is 4.98 Å². The molecule has 0 fully saturated rings. The zero-order valence-electron chi connectivity index (χ0n) is 16.5. The summed E-state index contributed by atoms with van der Waals surface area (Å²) >= 11 is 1.44. The number of aromatic nitrogens is 2. The van der Waals surface area contributed by atoms with Gasteiger partial charge >= 0.3 is 5.97 Å². The van der Waals surface area contributed by atoms with Crippen molar-refractivity contribution in [2.75, 3.05) is 20.0 Å². The molecule has 3 aromatic rings. The van der Waals surface area contributed by atoms with Gasteiger partial charge in [-0.15, -0.1) is 11.8 Å². The Balaban J connectivity index is 1.54. The first-order valence-corrected chi connectivity index (χ1v) is 10.1. The Hall–Kier alpha value is -3.00. The fraction of sp³-hybridized carbons (Fsp3) is 0.286. The van der Waals surface area contributed by atoms with E-state index in [0.29, 0.717) is 34.0 Å². The monoisotopic (exact) mass is 414 g/mol. The first-order chi connectivity index (χ1) is 14.0. The fourth-order valence-electron chi connectivity index (χ4n) is 2.82. The highest BCUT2D eigenvalue weighted by molar-refractivity contribution is 7.99. The van der Waals surface area contributed by atoms with Crippen LogP contribution in [0.4, 0.5) is 0 Å². The van der Waals surface area contributed by atoms with Crippen LogP contribution < -0.4 is 15.0 Å². The number of para-hydroxylation sites is 1. The summed E-state index contributed by atoms with van der Waals surface area (Å²) in [4.78, 5) is 31.1. The summed E-state index contributed by atoms with van der Waals surface area (Å²) in [6.07, 6.45) is 0. The molecular formula is C21H22N2O5S. The third-order valence-electron chi connectivity index (χ3n) is 4.35. The topological polar surface area (TPSA) is 90.5 Å². The maximum atomic E-state index is 12.1. The molecule has 0 bridgehead atoms. The van der Waals surface area contributed by atoms with Crippen molar-refractivity contribution in [3.05, 3.63) is 63.7 Å². The van der Waals surface area contributed by atoms with E-state index in [1.807, 2.05) is 19.1 Å². The molecule has 0 spiro atoms. The van der Waals surface area contributed by atoms with Gasteiger partial charge in [-0.05, 0) is 42.3 Å². The summed E-state index contributed by atoms with van der Waals surface area (Å²) in [6, 6.07) is 10.8. The van der Waals surface area contributed by atoms with Gasteiger partial charge in [0, 0.05) is 5.75 Å². The Morgan fingerprint density at radius 1 is 1.14 bits per heavy atom. The van der Waals surface area contributed by atoms with Gasteiger partial charge in [0.1, 0.15) is 12.4 Å². The van der Waals surface area contributed by atoms with E-state index in [-0.39, 0.29) is 23.9 Å². The van der Waals surface area contributed by atoms with Gasteiger partial charge in [0.15, 0.2) is 11.5 Å². The predicted molar refractivity (Wildman–Crippen MR) is 113 cm³/mol. The quantitative estimate of drug-likeness (QED) is 0.566. The van der Waals surface area contributed by atoms with Crippen molar-refractivity contribution >= 4 is 28.6 Å². The molecular weight excluding hydrogens is 392 g/mol. The second-order valence-electron chi connectivity index (χ2n) is 6.32. The third kappa shape index (κ3) is 5.08. The second kappa shape index (κ2) is 9.47. The fourth-order valence-corrected chi connectivity index (χ4v) is 3.70. The highest BCUT2D eigenvalue weighted by Gasteiger charge is 2.11.